The minimum Gasteiger partial charge on any atom is -0.395 e. The molecule has 0 bridgehead atoms. The lowest BCUT2D eigenvalue weighted by molar-refractivity contribution is -0.121. The van der Waals surface area contributed by atoms with Crippen molar-refractivity contribution in [2.45, 2.75) is 0 Å². The molecule has 1 rings (SSSR count). The van der Waals surface area contributed by atoms with Crippen LogP contribution in [-0.4, -0.2) is 79.3 Å². The Hall–Kier alpha value is -1.44. The van der Waals surface area contributed by atoms with Crippen LogP contribution in [0, 0.1) is 0 Å². The summed E-state index contributed by atoms with van der Waals surface area (Å²) in [5.74, 6) is -0.308. The number of amides is 3. The molecule has 3 amide bonds. The van der Waals surface area contributed by atoms with Crippen LogP contribution in [0.1, 0.15) is 0 Å². The molecule has 19 heavy (non-hydrogen) atoms. The number of urea groups is 1. The van der Waals surface area contributed by atoms with E-state index in [1.165, 1.54) is 0 Å². The second-order valence-corrected chi connectivity index (χ2v) is 4.39. The van der Waals surface area contributed by atoms with Crippen molar-refractivity contribution in [3.05, 3.63) is 12.7 Å². The van der Waals surface area contributed by atoms with Gasteiger partial charge in [0.2, 0.25) is 5.91 Å². The Morgan fingerprint density at radius 2 is 1.84 bits per heavy atom. The van der Waals surface area contributed by atoms with E-state index in [9.17, 15) is 9.59 Å². The molecule has 7 nitrogen and oxygen atoms in total. The summed E-state index contributed by atoms with van der Waals surface area (Å²) in [6, 6.07) is -0.496. The van der Waals surface area contributed by atoms with E-state index < -0.39 is 6.03 Å². The standard InChI is InChI=1S/C12H22N4O3/c1-2-3-13-12(19)14-11(18)10-16-6-4-15(5-7-16)8-9-17/h2,17H,1,3-10H2,(H2,13,14,18,19). The van der Waals surface area contributed by atoms with E-state index in [0.29, 0.717) is 13.1 Å². The third-order valence-electron chi connectivity index (χ3n) is 2.91. The molecule has 1 aliphatic rings. The van der Waals surface area contributed by atoms with Gasteiger partial charge in [-0.05, 0) is 0 Å². The number of carbonyl (C=O) groups excluding carboxylic acids is 2. The summed E-state index contributed by atoms with van der Waals surface area (Å²) >= 11 is 0. The van der Waals surface area contributed by atoms with Crippen LogP contribution in [0.5, 0.6) is 0 Å². The number of nitrogens with one attached hydrogen (secondary N) is 2. The normalized spacial score (nSPS) is 16.9. The molecule has 0 saturated carbocycles. The molecule has 0 aromatic carbocycles. The number of piperazine rings is 1. The molecule has 0 aromatic heterocycles. The molecule has 1 aliphatic heterocycles. The van der Waals surface area contributed by atoms with Gasteiger partial charge in [0.05, 0.1) is 13.2 Å². The molecular weight excluding hydrogens is 248 g/mol. The monoisotopic (exact) mass is 270 g/mol. The van der Waals surface area contributed by atoms with Gasteiger partial charge in [0.25, 0.3) is 0 Å². The number of rotatable bonds is 6. The first-order valence-electron chi connectivity index (χ1n) is 6.40. The number of carbonyl (C=O) groups is 2. The molecule has 1 heterocycles. The highest BCUT2D eigenvalue weighted by molar-refractivity contribution is 5.95. The highest BCUT2D eigenvalue weighted by Crippen LogP contribution is 2.00. The van der Waals surface area contributed by atoms with E-state index in [0.717, 1.165) is 26.2 Å². The van der Waals surface area contributed by atoms with Gasteiger partial charge < -0.3 is 10.4 Å². The number of β-amino-alcohol motifs (C(OH)–C–C–N with tert-alkyl or cyclic N) is 1. The summed E-state index contributed by atoms with van der Waals surface area (Å²) < 4.78 is 0. The van der Waals surface area contributed by atoms with E-state index >= 15 is 0 Å². The summed E-state index contributed by atoms with van der Waals surface area (Å²) in [7, 11) is 0. The predicted molar refractivity (Wildman–Crippen MR) is 71.7 cm³/mol. The number of imide groups is 1. The third-order valence-corrected chi connectivity index (χ3v) is 2.91. The maximum atomic E-state index is 11.6. The van der Waals surface area contributed by atoms with E-state index in [-0.39, 0.29) is 19.1 Å². The molecule has 0 aliphatic carbocycles. The van der Waals surface area contributed by atoms with Crippen molar-refractivity contribution in [3.8, 4) is 0 Å². The molecule has 1 fully saturated rings. The van der Waals surface area contributed by atoms with Crippen LogP contribution in [0.4, 0.5) is 4.79 Å². The lowest BCUT2D eigenvalue weighted by Crippen LogP contribution is -2.51. The maximum absolute atomic E-state index is 11.6. The van der Waals surface area contributed by atoms with E-state index in [4.69, 9.17) is 5.11 Å². The summed E-state index contributed by atoms with van der Waals surface area (Å²) in [5.41, 5.74) is 0. The minimum atomic E-state index is -0.496. The summed E-state index contributed by atoms with van der Waals surface area (Å²) in [5, 5.41) is 13.6. The van der Waals surface area contributed by atoms with E-state index in [2.05, 4.69) is 22.1 Å². The van der Waals surface area contributed by atoms with Crippen LogP contribution in [-0.2, 0) is 4.79 Å². The van der Waals surface area contributed by atoms with Crippen LogP contribution in [0.15, 0.2) is 12.7 Å². The molecule has 0 radical (unpaired) electrons. The van der Waals surface area contributed by atoms with E-state index in [1.54, 1.807) is 6.08 Å². The van der Waals surface area contributed by atoms with Gasteiger partial charge in [-0.3, -0.25) is 19.9 Å². The van der Waals surface area contributed by atoms with Crippen LogP contribution < -0.4 is 10.6 Å². The Balaban J connectivity index is 2.19. The van der Waals surface area contributed by atoms with Gasteiger partial charge >= 0.3 is 6.03 Å². The Morgan fingerprint density at radius 3 is 2.42 bits per heavy atom. The van der Waals surface area contributed by atoms with Crippen molar-refractivity contribution in [1.82, 2.24) is 20.4 Å². The van der Waals surface area contributed by atoms with Crippen LogP contribution in [0.3, 0.4) is 0 Å². The van der Waals surface area contributed by atoms with E-state index in [1.807, 2.05) is 4.90 Å². The smallest absolute Gasteiger partial charge is 0.321 e. The molecule has 108 valence electrons. The number of nitrogens with zero attached hydrogens (tertiary/aromatic N) is 2. The van der Waals surface area contributed by atoms with Crippen molar-refractivity contribution < 1.29 is 14.7 Å². The van der Waals surface area contributed by atoms with Crippen LogP contribution in [0.2, 0.25) is 0 Å². The zero-order valence-corrected chi connectivity index (χ0v) is 11.1. The number of hydrogen-bond donors (Lipinski definition) is 3. The minimum absolute atomic E-state index is 0.157. The first kappa shape index (κ1) is 15.6. The Labute approximate surface area is 113 Å². The predicted octanol–water partition coefficient (Wildman–Crippen LogP) is -1.39. The number of aliphatic hydroxyl groups excluding tert-OH is 1. The Morgan fingerprint density at radius 1 is 1.21 bits per heavy atom. The third kappa shape index (κ3) is 6.32. The summed E-state index contributed by atoms with van der Waals surface area (Å²) in [6.07, 6.45) is 1.55. The molecule has 0 aromatic rings. The molecule has 0 unspecified atom stereocenters. The average molecular weight is 270 g/mol. The second kappa shape index (κ2) is 8.63. The fraction of sp³-hybridized carbons (Fsp3) is 0.667. The molecule has 7 heteroatoms. The molecule has 3 N–H and O–H groups in total. The summed E-state index contributed by atoms with van der Waals surface area (Å²) in [6.45, 7) is 8.04. The first-order chi connectivity index (χ1) is 9.15. The lowest BCUT2D eigenvalue weighted by atomic mass is 10.3. The van der Waals surface area contributed by atoms with Crippen molar-refractivity contribution in [2.75, 3.05) is 52.4 Å². The first-order valence-corrected chi connectivity index (χ1v) is 6.40. The summed E-state index contributed by atoms with van der Waals surface area (Å²) in [4.78, 5) is 27.0. The highest BCUT2D eigenvalue weighted by Gasteiger charge is 2.19. The largest absolute Gasteiger partial charge is 0.395 e. The molecule has 0 atom stereocenters. The average Bonchev–Trinajstić information content (AvgIpc) is 2.39. The zero-order valence-electron chi connectivity index (χ0n) is 11.1. The molecule has 1 saturated heterocycles. The van der Waals surface area contributed by atoms with Crippen LogP contribution >= 0.6 is 0 Å². The van der Waals surface area contributed by atoms with Gasteiger partial charge in [0.15, 0.2) is 0 Å². The fourth-order valence-electron chi connectivity index (χ4n) is 1.89. The Kier molecular flexibility index (Phi) is 7.09. The number of hydrogen-bond acceptors (Lipinski definition) is 5. The maximum Gasteiger partial charge on any atom is 0.321 e. The van der Waals surface area contributed by atoms with Gasteiger partial charge in [-0.25, -0.2) is 4.79 Å². The van der Waals surface area contributed by atoms with Gasteiger partial charge in [0.1, 0.15) is 0 Å². The van der Waals surface area contributed by atoms with Gasteiger partial charge in [-0.15, -0.1) is 6.58 Å². The molecular formula is C12H22N4O3. The van der Waals surface area contributed by atoms with Crippen molar-refractivity contribution in [3.63, 3.8) is 0 Å². The topological polar surface area (TPSA) is 84.9 Å². The van der Waals surface area contributed by atoms with Crippen molar-refractivity contribution in [2.24, 2.45) is 0 Å². The van der Waals surface area contributed by atoms with Gasteiger partial charge in [-0.1, -0.05) is 6.08 Å². The zero-order chi connectivity index (χ0) is 14.1. The molecule has 0 spiro atoms. The van der Waals surface area contributed by atoms with Gasteiger partial charge in [-0.2, -0.15) is 0 Å². The van der Waals surface area contributed by atoms with Gasteiger partial charge in [0, 0.05) is 39.3 Å². The number of aliphatic hydroxyl groups is 1. The van der Waals surface area contributed by atoms with Crippen LogP contribution in [0.25, 0.3) is 0 Å². The highest BCUT2D eigenvalue weighted by atomic mass is 16.3. The lowest BCUT2D eigenvalue weighted by Gasteiger charge is -2.33. The quantitative estimate of drug-likeness (QED) is 0.517. The SMILES string of the molecule is C=CCNC(=O)NC(=O)CN1CCN(CCO)CC1. The Bertz CT molecular complexity index is 314. The van der Waals surface area contributed by atoms with Crippen molar-refractivity contribution >= 4 is 11.9 Å². The second-order valence-electron chi connectivity index (χ2n) is 4.39. The van der Waals surface area contributed by atoms with Crippen molar-refractivity contribution in [1.29, 1.82) is 0 Å². The fourth-order valence-corrected chi connectivity index (χ4v) is 1.89.